The molecule has 8 heteroatoms. The summed E-state index contributed by atoms with van der Waals surface area (Å²) >= 11 is 5.84. The molecule has 1 atom stereocenters. The number of fused-ring (bicyclic) bond motifs is 1. The lowest BCUT2D eigenvalue weighted by molar-refractivity contribution is 0.111. The molecule has 0 saturated carbocycles. The number of ether oxygens (including phenoxy) is 1. The second-order valence-corrected chi connectivity index (χ2v) is 7.29. The second-order valence-electron chi connectivity index (χ2n) is 6.86. The topological polar surface area (TPSA) is 84.5 Å². The van der Waals surface area contributed by atoms with Crippen LogP contribution < -0.4 is 5.73 Å². The summed E-state index contributed by atoms with van der Waals surface area (Å²) in [5.41, 5.74) is 8.90. The molecule has 27 heavy (non-hydrogen) atoms. The van der Waals surface area contributed by atoms with Crippen LogP contribution in [0, 0.1) is 0 Å². The zero-order valence-electron chi connectivity index (χ0n) is 15.3. The molecule has 1 saturated heterocycles. The first kappa shape index (κ1) is 19.8. The highest BCUT2D eigenvalue weighted by molar-refractivity contribution is 6.30. The van der Waals surface area contributed by atoms with Crippen LogP contribution in [-0.2, 0) is 17.8 Å². The van der Waals surface area contributed by atoms with Gasteiger partial charge >= 0.3 is 0 Å². The van der Waals surface area contributed by atoms with E-state index in [0.717, 1.165) is 30.5 Å². The van der Waals surface area contributed by atoms with Crippen LogP contribution in [0.4, 0.5) is 10.2 Å². The van der Waals surface area contributed by atoms with Crippen LogP contribution in [-0.4, -0.2) is 53.1 Å². The molecule has 2 aromatic rings. The standard InChI is InChI=1S/C13H12ClN3O2.C6H12FN/c14-7-1-2-9(11(18)5-7)12-8-3-4-19-6-10(8)13(15)17-16-12;1-8-4-2-3-6(7)5-8/h1-2,5,18H,3-4,6H2,(H2,15,17);6H,2-5H2,1H3. The number of rotatable bonds is 1. The summed E-state index contributed by atoms with van der Waals surface area (Å²) in [6, 6.07) is 4.93. The minimum Gasteiger partial charge on any atom is -0.507 e. The third-order valence-corrected chi connectivity index (χ3v) is 4.98. The van der Waals surface area contributed by atoms with Gasteiger partial charge in [-0.3, -0.25) is 0 Å². The molecule has 0 radical (unpaired) electrons. The summed E-state index contributed by atoms with van der Waals surface area (Å²) in [6.07, 6.45) is 1.93. The van der Waals surface area contributed by atoms with Crippen molar-refractivity contribution in [2.75, 3.05) is 32.5 Å². The quantitative estimate of drug-likeness (QED) is 0.772. The van der Waals surface area contributed by atoms with Crippen molar-refractivity contribution in [1.29, 1.82) is 0 Å². The molecule has 1 aromatic carbocycles. The van der Waals surface area contributed by atoms with Gasteiger partial charge < -0.3 is 20.5 Å². The first-order chi connectivity index (χ1) is 13.0. The van der Waals surface area contributed by atoms with Crippen molar-refractivity contribution >= 4 is 17.4 Å². The fraction of sp³-hybridized carbons (Fsp3) is 0.474. The maximum absolute atomic E-state index is 12.4. The first-order valence-electron chi connectivity index (χ1n) is 8.99. The highest BCUT2D eigenvalue weighted by atomic mass is 35.5. The number of aromatic nitrogens is 2. The van der Waals surface area contributed by atoms with Crippen LogP contribution in [0.5, 0.6) is 5.75 Å². The maximum atomic E-state index is 12.4. The number of benzene rings is 1. The molecule has 6 nitrogen and oxygen atoms in total. The zero-order chi connectivity index (χ0) is 19.4. The Hall–Kier alpha value is -1.96. The fourth-order valence-corrected chi connectivity index (χ4v) is 3.49. The Bertz CT molecular complexity index is 798. The predicted molar refractivity (Wildman–Crippen MR) is 104 cm³/mol. The maximum Gasteiger partial charge on any atom is 0.151 e. The van der Waals surface area contributed by atoms with Crippen LogP contribution >= 0.6 is 11.6 Å². The van der Waals surface area contributed by atoms with E-state index >= 15 is 0 Å². The van der Waals surface area contributed by atoms with Gasteiger partial charge in [0, 0.05) is 22.7 Å². The number of phenols is 1. The van der Waals surface area contributed by atoms with Gasteiger partial charge in [-0.1, -0.05) is 11.6 Å². The van der Waals surface area contributed by atoms with Crippen molar-refractivity contribution in [3.8, 4) is 17.0 Å². The van der Waals surface area contributed by atoms with Crippen LogP contribution in [0.3, 0.4) is 0 Å². The van der Waals surface area contributed by atoms with E-state index in [-0.39, 0.29) is 5.75 Å². The smallest absolute Gasteiger partial charge is 0.151 e. The highest BCUT2D eigenvalue weighted by Gasteiger charge is 2.21. The molecule has 0 amide bonds. The van der Waals surface area contributed by atoms with E-state index in [1.807, 2.05) is 11.9 Å². The second kappa shape index (κ2) is 8.82. The number of nitrogens with two attached hydrogens (primary N) is 1. The molecule has 3 heterocycles. The molecular weight excluding hydrogens is 371 g/mol. The molecule has 3 N–H and O–H groups in total. The number of piperidine rings is 1. The van der Waals surface area contributed by atoms with E-state index in [0.29, 0.717) is 48.3 Å². The van der Waals surface area contributed by atoms with Gasteiger partial charge in [-0.15, -0.1) is 10.2 Å². The molecular formula is C19H24ClFN4O2. The third kappa shape index (κ3) is 4.86. The number of halogens is 2. The number of aromatic hydroxyl groups is 1. The van der Waals surface area contributed by atoms with Crippen LogP contribution in [0.1, 0.15) is 24.0 Å². The van der Waals surface area contributed by atoms with E-state index in [1.165, 1.54) is 6.07 Å². The summed E-state index contributed by atoms with van der Waals surface area (Å²) < 4.78 is 17.8. The van der Waals surface area contributed by atoms with Crippen LogP contribution in [0.2, 0.25) is 5.02 Å². The predicted octanol–water partition coefficient (Wildman–Crippen LogP) is 3.21. The van der Waals surface area contributed by atoms with E-state index < -0.39 is 6.17 Å². The van der Waals surface area contributed by atoms with Crippen molar-refractivity contribution < 1.29 is 14.2 Å². The molecule has 1 aromatic heterocycles. The van der Waals surface area contributed by atoms with Crippen molar-refractivity contribution in [3.63, 3.8) is 0 Å². The molecule has 146 valence electrons. The van der Waals surface area contributed by atoms with Crippen molar-refractivity contribution in [2.45, 2.75) is 32.0 Å². The summed E-state index contributed by atoms with van der Waals surface area (Å²) in [5.74, 6) is 0.465. The first-order valence-corrected chi connectivity index (χ1v) is 9.36. The van der Waals surface area contributed by atoms with Gasteiger partial charge in [0.1, 0.15) is 17.6 Å². The Morgan fingerprint density at radius 1 is 1.33 bits per heavy atom. The number of hydrogen-bond donors (Lipinski definition) is 2. The molecule has 0 bridgehead atoms. The average molecular weight is 395 g/mol. The lowest BCUT2D eigenvalue weighted by atomic mass is 9.98. The Balaban J connectivity index is 0.000000221. The van der Waals surface area contributed by atoms with Gasteiger partial charge in [0.05, 0.1) is 13.2 Å². The van der Waals surface area contributed by atoms with Crippen LogP contribution in [0.25, 0.3) is 11.3 Å². The van der Waals surface area contributed by atoms with Gasteiger partial charge in [0.15, 0.2) is 5.82 Å². The van der Waals surface area contributed by atoms with Crippen molar-refractivity contribution in [1.82, 2.24) is 15.1 Å². The minimum atomic E-state index is -0.561. The fourth-order valence-electron chi connectivity index (χ4n) is 3.33. The van der Waals surface area contributed by atoms with E-state index in [1.54, 1.807) is 12.1 Å². The summed E-state index contributed by atoms with van der Waals surface area (Å²) in [6.45, 7) is 2.75. The molecule has 2 aliphatic heterocycles. The molecule has 0 spiro atoms. The average Bonchev–Trinajstić information content (AvgIpc) is 2.63. The van der Waals surface area contributed by atoms with E-state index in [4.69, 9.17) is 22.1 Å². The molecule has 2 aliphatic rings. The number of nitrogen functional groups attached to an aromatic ring is 1. The zero-order valence-corrected chi connectivity index (χ0v) is 16.0. The number of anilines is 1. The monoisotopic (exact) mass is 394 g/mol. The summed E-state index contributed by atoms with van der Waals surface area (Å²) in [5, 5.41) is 18.5. The third-order valence-electron chi connectivity index (χ3n) is 4.74. The van der Waals surface area contributed by atoms with Gasteiger partial charge in [-0.2, -0.15) is 0 Å². The van der Waals surface area contributed by atoms with E-state index in [9.17, 15) is 9.50 Å². The number of alkyl halides is 1. The number of likely N-dealkylation sites (tertiary alicyclic amines) is 1. The number of nitrogens with zero attached hydrogens (tertiary/aromatic N) is 3. The van der Waals surface area contributed by atoms with Crippen LogP contribution in [0.15, 0.2) is 18.2 Å². The lowest BCUT2D eigenvalue weighted by Gasteiger charge is -2.24. The lowest BCUT2D eigenvalue weighted by Crippen LogP contribution is -2.32. The normalized spacial score (nSPS) is 19.7. The van der Waals surface area contributed by atoms with Crippen molar-refractivity contribution in [3.05, 3.63) is 34.3 Å². The van der Waals surface area contributed by atoms with Gasteiger partial charge in [-0.25, -0.2) is 4.39 Å². The van der Waals surface area contributed by atoms with Crippen molar-refractivity contribution in [2.24, 2.45) is 0 Å². The summed E-state index contributed by atoms with van der Waals surface area (Å²) in [7, 11) is 1.96. The van der Waals surface area contributed by atoms with Gasteiger partial charge in [0.2, 0.25) is 0 Å². The summed E-state index contributed by atoms with van der Waals surface area (Å²) in [4.78, 5) is 2.04. The molecule has 4 rings (SSSR count). The largest absolute Gasteiger partial charge is 0.507 e. The highest BCUT2D eigenvalue weighted by Crippen LogP contribution is 2.35. The minimum absolute atomic E-state index is 0.0836. The number of phenolic OH excluding ortho intramolecular Hbond substituents is 1. The number of hydrogen-bond acceptors (Lipinski definition) is 6. The Labute approximate surface area is 163 Å². The van der Waals surface area contributed by atoms with E-state index in [2.05, 4.69) is 10.2 Å². The SMILES string of the molecule is CN1CCCC(F)C1.Nc1nnc(-c2ccc(Cl)cc2O)c2c1COCC2. The Kier molecular flexibility index (Phi) is 6.46. The Morgan fingerprint density at radius 2 is 2.15 bits per heavy atom. The Morgan fingerprint density at radius 3 is 2.81 bits per heavy atom. The van der Waals surface area contributed by atoms with Gasteiger partial charge in [0.25, 0.3) is 0 Å². The molecule has 0 aliphatic carbocycles. The van der Waals surface area contributed by atoms with Gasteiger partial charge in [-0.05, 0) is 56.6 Å². The molecule has 1 fully saturated rings. The molecule has 1 unspecified atom stereocenters.